The van der Waals surface area contributed by atoms with Crippen LogP contribution >= 0.6 is 0 Å². The van der Waals surface area contributed by atoms with Crippen LogP contribution in [0.3, 0.4) is 0 Å². The van der Waals surface area contributed by atoms with Gasteiger partial charge in [0, 0.05) is 6.61 Å². The fraction of sp³-hybridized carbons (Fsp3) is 1.00. The molecule has 19 N–H and O–H groups in total. The van der Waals surface area contributed by atoms with Gasteiger partial charge in [-0.05, 0) is 6.42 Å². The standard InChI is InChI=1S/C6H14O.9H2O/c1-2-3-4-5-6-7;;;;;;;;;/h7H,2-6H2,1H3;9*1H2. The molecule has 16 heavy (non-hydrogen) atoms. The molecule has 0 heterocycles. The number of unbranched alkanes of at least 4 members (excludes halogenated alkanes) is 3. The minimum absolute atomic E-state index is 0. The minimum Gasteiger partial charge on any atom is -0.412 e. The molecule has 0 amide bonds. The Morgan fingerprint density at radius 3 is 1.06 bits per heavy atom. The van der Waals surface area contributed by atoms with Crippen molar-refractivity contribution in [1.29, 1.82) is 0 Å². The number of hydrogen-bond donors (Lipinski definition) is 1. The van der Waals surface area contributed by atoms with Crippen molar-refractivity contribution in [3.05, 3.63) is 0 Å². The molecule has 0 unspecified atom stereocenters. The fourth-order valence-electron chi connectivity index (χ4n) is 0.539. The van der Waals surface area contributed by atoms with Gasteiger partial charge in [0.05, 0.1) is 0 Å². The Morgan fingerprint density at radius 1 is 0.562 bits per heavy atom. The molecular formula is C6H32O10. The molecule has 116 valence electrons. The van der Waals surface area contributed by atoms with Crippen LogP contribution in [0.5, 0.6) is 0 Å². The highest BCUT2D eigenvalue weighted by Gasteiger charge is 1.80. The van der Waals surface area contributed by atoms with Crippen molar-refractivity contribution in [2.75, 3.05) is 6.61 Å². The average molecular weight is 264 g/mol. The second-order valence-corrected chi connectivity index (χ2v) is 1.78. The van der Waals surface area contributed by atoms with Crippen LogP contribution in [0, 0.1) is 0 Å². The van der Waals surface area contributed by atoms with Crippen molar-refractivity contribution < 1.29 is 54.4 Å². The molecule has 0 saturated heterocycles. The fourth-order valence-corrected chi connectivity index (χ4v) is 0.539. The summed E-state index contributed by atoms with van der Waals surface area (Å²) in [5, 5.41) is 8.29. The van der Waals surface area contributed by atoms with E-state index in [9.17, 15) is 0 Å². The van der Waals surface area contributed by atoms with Gasteiger partial charge in [0.1, 0.15) is 0 Å². The van der Waals surface area contributed by atoms with Crippen molar-refractivity contribution in [2.45, 2.75) is 32.6 Å². The lowest BCUT2D eigenvalue weighted by Gasteiger charge is -1.90. The lowest BCUT2D eigenvalue weighted by molar-refractivity contribution is 0.283. The van der Waals surface area contributed by atoms with E-state index in [1.165, 1.54) is 19.3 Å². The Morgan fingerprint density at radius 2 is 0.875 bits per heavy atom. The maximum absolute atomic E-state index is 8.29. The normalized spacial score (nSPS) is 4.12. The molecule has 0 aliphatic carbocycles. The summed E-state index contributed by atoms with van der Waals surface area (Å²) >= 11 is 0. The van der Waals surface area contributed by atoms with Gasteiger partial charge >= 0.3 is 0 Å². The monoisotopic (exact) mass is 264 g/mol. The van der Waals surface area contributed by atoms with Crippen LogP contribution in [0.1, 0.15) is 32.6 Å². The van der Waals surface area contributed by atoms with E-state index in [0.29, 0.717) is 6.61 Å². The Bertz CT molecular complexity index is 34.5. The van der Waals surface area contributed by atoms with Crippen molar-refractivity contribution in [2.24, 2.45) is 0 Å². The number of rotatable bonds is 4. The summed E-state index contributed by atoms with van der Waals surface area (Å²) in [4.78, 5) is 0. The molecule has 10 nitrogen and oxygen atoms in total. The first-order valence-electron chi connectivity index (χ1n) is 3.02. The summed E-state index contributed by atoms with van der Waals surface area (Å²) in [5.41, 5.74) is 0. The van der Waals surface area contributed by atoms with E-state index in [1.54, 1.807) is 0 Å². The number of hydrogen-bond acceptors (Lipinski definition) is 1. The second-order valence-electron chi connectivity index (χ2n) is 1.78. The lowest BCUT2D eigenvalue weighted by atomic mass is 10.2. The first-order valence-corrected chi connectivity index (χ1v) is 3.02. The van der Waals surface area contributed by atoms with Gasteiger partial charge in [0.15, 0.2) is 0 Å². The van der Waals surface area contributed by atoms with E-state index in [4.69, 9.17) is 5.11 Å². The molecular weight excluding hydrogens is 232 g/mol. The SMILES string of the molecule is CCCCCCO.O.O.O.O.O.O.O.O.O. The van der Waals surface area contributed by atoms with Crippen LogP contribution in [-0.4, -0.2) is 61.0 Å². The second kappa shape index (κ2) is 128. The Balaban J connectivity index is -0.00000000500. The molecule has 0 aromatic carbocycles. The summed E-state index contributed by atoms with van der Waals surface area (Å²) in [6.07, 6.45) is 4.68. The van der Waals surface area contributed by atoms with Crippen LogP contribution in [0.15, 0.2) is 0 Å². The average Bonchev–Trinajstić information content (AvgIpc) is 1.69. The van der Waals surface area contributed by atoms with Gasteiger partial charge in [-0.25, -0.2) is 0 Å². The highest BCUT2D eigenvalue weighted by Crippen LogP contribution is 1.95. The van der Waals surface area contributed by atoms with Gasteiger partial charge < -0.3 is 54.4 Å². The zero-order valence-corrected chi connectivity index (χ0v) is 9.48. The molecule has 0 aliphatic heterocycles. The molecule has 0 saturated carbocycles. The molecule has 0 aromatic heterocycles. The van der Waals surface area contributed by atoms with Gasteiger partial charge in [0.25, 0.3) is 0 Å². The van der Waals surface area contributed by atoms with E-state index in [0.717, 1.165) is 6.42 Å². The van der Waals surface area contributed by atoms with Crippen LogP contribution < -0.4 is 0 Å². The van der Waals surface area contributed by atoms with E-state index in [2.05, 4.69) is 6.92 Å². The Hall–Kier alpha value is -0.400. The molecule has 0 bridgehead atoms. The van der Waals surface area contributed by atoms with Gasteiger partial charge in [0.2, 0.25) is 0 Å². The van der Waals surface area contributed by atoms with Crippen molar-refractivity contribution in [3.63, 3.8) is 0 Å². The van der Waals surface area contributed by atoms with Gasteiger partial charge in [-0.15, -0.1) is 0 Å². The van der Waals surface area contributed by atoms with Crippen LogP contribution in [-0.2, 0) is 0 Å². The third-order valence-corrected chi connectivity index (χ3v) is 1.01. The summed E-state index contributed by atoms with van der Waals surface area (Å²) in [7, 11) is 0. The molecule has 0 aliphatic rings. The zero-order valence-electron chi connectivity index (χ0n) is 9.48. The van der Waals surface area contributed by atoms with Crippen molar-refractivity contribution in [3.8, 4) is 0 Å². The first kappa shape index (κ1) is 106. The van der Waals surface area contributed by atoms with E-state index < -0.39 is 0 Å². The smallest absolute Gasteiger partial charge is 0.0431 e. The maximum atomic E-state index is 8.29. The summed E-state index contributed by atoms with van der Waals surface area (Å²) in [6, 6.07) is 0. The van der Waals surface area contributed by atoms with E-state index in [-0.39, 0.29) is 49.3 Å². The first-order chi connectivity index (χ1) is 3.41. The van der Waals surface area contributed by atoms with Gasteiger partial charge in [-0.1, -0.05) is 26.2 Å². The largest absolute Gasteiger partial charge is 0.412 e. The molecule has 10 heteroatoms. The zero-order chi connectivity index (χ0) is 5.54. The molecule has 0 radical (unpaired) electrons. The predicted octanol–water partition coefficient (Wildman–Crippen LogP) is -5.86. The highest BCUT2D eigenvalue weighted by atomic mass is 16.2. The number of aliphatic hydroxyl groups excluding tert-OH is 1. The summed E-state index contributed by atoms with van der Waals surface area (Å²) < 4.78 is 0. The molecule has 0 rings (SSSR count). The van der Waals surface area contributed by atoms with Crippen LogP contribution in [0.4, 0.5) is 0 Å². The van der Waals surface area contributed by atoms with E-state index >= 15 is 0 Å². The quantitative estimate of drug-likeness (QED) is 0.476. The topological polar surface area (TPSA) is 304 Å². The van der Waals surface area contributed by atoms with Crippen molar-refractivity contribution in [1.82, 2.24) is 0 Å². The van der Waals surface area contributed by atoms with Crippen molar-refractivity contribution >= 4 is 0 Å². The predicted molar refractivity (Wildman–Crippen MR) is 63.8 cm³/mol. The highest BCUT2D eigenvalue weighted by molar-refractivity contribution is 4.35. The Kier molecular flexibility index (Phi) is 846. The summed E-state index contributed by atoms with van der Waals surface area (Å²) in [5.74, 6) is 0. The number of aliphatic hydroxyl groups is 1. The Labute approximate surface area is 94.7 Å². The summed E-state index contributed by atoms with van der Waals surface area (Å²) in [6.45, 7) is 2.53. The van der Waals surface area contributed by atoms with E-state index in [1.807, 2.05) is 0 Å². The third-order valence-electron chi connectivity index (χ3n) is 1.01. The van der Waals surface area contributed by atoms with Gasteiger partial charge in [-0.2, -0.15) is 0 Å². The van der Waals surface area contributed by atoms with Crippen LogP contribution in [0.2, 0.25) is 0 Å². The molecule has 0 aromatic rings. The molecule has 0 atom stereocenters. The minimum atomic E-state index is 0. The molecule has 0 fully saturated rings. The molecule has 0 spiro atoms. The van der Waals surface area contributed by atoms with Crippen LogP contribution in [0.25, 0.3) is 0 Å². The maximum Gasteiger partial charge on any atom is 0.0431 e. The van der Waals surface area contributed by atoms with Gasteiger partial charge in [-0.3, -0.25) is 0 Å². The lowest BCUT2D eigenvalue weighted by Crippen LogP contribution is -1.80. The third kappa shape index (κ3) is 167.